The molecule has 0 aromatic heterocycles. The van der Waals surface area contributed by atoms with E-state index < -0.39 is 16.7 Å². The van der Waals surface area contributed by atoms with Gasteiger partial charge in [0.1, 0.15) is 0 Å². The van der Waals surface area contributed by atoms with E-state index in [2.05, 4.69) is 10.5 Å². The quantitative estimate of drug-likeness (QED) is 0.519. The first-order valence-corrected chi connectivity index (χ1v) is 6.64. The van der Waals surface area contributed by atoms with Crippen LogP contribution in [-0.4, -0.2) is 17.0 Å². The van der Waals surface area contributed by atoms with Crippen molar-refractivity contribution in [1.29, 1.82) is 5.26 Å². The first kappa shape index (κ1) is 15.9. The van der Waals surface area contributed by atoms with Crippen LogP contribution in [0.2, 0.25) is 0 Å². The molecular weight excluding hydrogens is 296 g/mol. The molecule has 1 atom stereocenters. The van der Waals surface area contributed by atoms with Crippen LogP contribution in [0.3, 0.4) is 0 Å². The number of hydrazone groups is 1. The van der Waals surface area contributed by atoms with Gasteiger partial charge >= 0.3 is 0 Å². The lowest BCUT2D eigenvalue weighted by atomic mass is 10.0. The third-order valence-electron chi connectivity index (χ3n) is 3.02. The summed E-state index contributed by atoms with van der Waals surface area (Å²) >= 11 is 0. The van der Waals surface area contributed by atoms with Gasteiger partial charge in [0, 0.05) is 12.1 Å². The molecule has 0 radical (unpaired) electrons. The van der Waals surface area contributed by atoms with Crippen molar-refractivity contribution in [1.82, 2.24) is 5.43 Å². The van der Waals surface area contributed by atoms with Gasteiger partial charge in [-0.1, -0.05) is 30.3 Å². The molecule has 0 saturated heterocycles. The average molecular weight is 308 g/mol. The van der Waals surface area contributed by atoms with Gasteiger partial charge in [0.2, 0.25) is 0 Å². The van der Waals surface area contributed by atoms with Crippen LogP contribution >= 0.6 is 0 Å². The van der Waals surface area contributed by atoms with Gasteiger partial charge in [-0.2, -0.15) is 10.4 Å². The largest absolute Gasteiger partial charge is 0.271 e. The van der Waals surface area contributed by atoms with Crippen molar-refractivity contribution < 1.29 is 9.72 Å². The molecule has 0 bridgehead atoms. The van der Waals surface area contributed by atoms with E-state index in [0.717, 1.165) is 0 Å². The van der Waals surface area contributed by atoms with E-state index >= 15 is 0 Å². The minimum atomic E-state index is -0.954. The maximum absolute atomic E-state index is 12.0. The normalized spacial score (nSPS) is 11.6. The van der Waals surface area contributed by atoms with E-state index in [0.29, 0.717) is 11.1 Å². The maximum Gasteiger partial charge on any atom is 0.269 e. The van der Waals surface area contributed by atoms with Crippen molar-refractivity contribution >= 4 is 17.8 Å². The van der Waals surface area contributed by atoms with Crippen molar-refractivity contribution in [3.63, 3.8) is 0 Å². The summed E-state index contributed by atoms with van der Waals surface area (Å²) in [6.07, 6.45) is 1.35. The van der Waals surface area contributed by atoms with Crippen LogP contribution in [0.4, 0.5) is 5.69 Å². The van der Waals surface area contributed by atoms with Crippen molar-refractivity contribution in [3.8, 4) is 6.07 Å². The van der Waals surface area contributed by atoms with E-state index in [4.69, 9.17) is 5.26 Å². The first-order chi connectivity index (χ1) is 11.1. The highest BCUT2D eigenvalue weighted by molar-refractivity contribution is 5.88. The summed E-state index contributed by atoms with van der Waals surface area (Å²) in [5.74, 6) is -1.50. The zero-order valence-corrected chi connectivity index (χ0v) is 11.9. The maximum atomic E-state index is 12.0. The van der Waals surface area contributed by atoms with Gasteiger partial charge in [0.25, 0.3) is 11.6 Å². The molecule has 7 heteroatoms. The smallest absolute Gasteiger partial charge is 0.269 e. The Hall–Kier alpha value is -3.53. The number of amides is 1. The standard InChI is InChI=1S/C16H12N4O3/c17-10-15(13-4-2-1-3-5-13)16(21)19-18-11-12-6-8-14(9-7-12)20(22)23/h1-9,11,15H,(H,19,21)/b18-11-/t15-/m0/s1. The van der Waals surface area contributed by atoms with Crippen LogP contribution in [0.5, 0.6) is 0 Å². The Labute approximate surface area is 132 Å². The lowest BCUT2D eigenvalue weighted by molar-refractivity contribution is -0.384. The number of nitrogens with one attached hydrogen (secondary N) is 1. The zero-order chi connectivity index (χ0) is 16.7. The summed E-state index contributed by atoms with van der Waals surface area (Å²) in [7, 11) is 0. The second-order valence-corrected chi connectivity index (χ2v) is 4.56. The van der Waals surface area contributed by atoms with E-state index in [-0.39, 0.29) is 5.69 Å². The molecule has 7 nitrogen and oxygen atoms in total. The summed E-state index contributed by atoms with van der Waals surface area (Å²) in [4.78, 5) is 22.0. The number of carbonyl (C=O) groups excluding carboxylic acids is 1. The predicted molar refractivity (Wildman–Crippen MR) is 83.6 cm³/mol. The molecule has 0 unspecified atom stereocenters. The summed E-state index contributed by atoms with van der Waals surface area (Å²) < 4.78 is 0. The Balaban J connectivity index is 2.00. The van der Waals surface area contributed by atoms with Crippen LogP contribution in [-0.2, 0) is 4.79 Å². The highest BCUT2D eigenvalue weighted by atomic mass is 16.6. The van der Waals surface area contributed by atoms with Crippen LogP contribution in [0, 0.1) is 21.4 Å². The molecule has 0 aliphatic heterocycles. The molecule has 114 valence electrons. The highest BCUT2D eigenvalue weighted by Gasteiger charge is 2.19. The van der Waals surface area contributed by atoms with E-state index in [1.807, 2.05) is 6.07 Å². The number of nitrogens with zero attached hydrogens (tertiary/aromatic N) is 3. The molecule has 0 saturated carbocycles. The number of nitro benzene ring substituents is 1. The van der Waals surface area contributed by atoms with Crippen LogP contribution in [0.1, 0.15) is 17.0 Å². The van der Waals surface area contributed by atoms with Gasteiger partial charge in [-0.05, 0) is 23.3 Å². The lowest BCUT2D eigenvalue weighted by Crippen LogP contribution is -2.24. The SMILES string of the molecule is N#C[C@H](C(=O)N/N=C\c1ccc([N+](=O)[O-])cc1)c1ccccc1. The number of hydrogen-bond acceptors (Lipinski definition) is 5. The van der Waals surface area contributed by atoms with Crippen LogP contribution < -0.4 is 5.43 Å². The molecular formula is C16H12N4O3. The summed E-state index contributed by atoms with van der Waals surface area (Å²) in [6.45, 7) is 0. The topological polar surface area (TPSA) is 108 Å². The number of non-ortho nitro benzene ring substituents is 1. The van der Waals surface area contributed by atoms with Crippen molar-refractivity contribution in [2.45, 2.75) is 5.92 Å². The fourth-order valence-corrected chi connectivity index (χ4v) is 1.85. The Kier molecular flexibility index (Phi) is 5.15. The Morgan fingerprint density at radius 2 is 1.87 bits per heavy atom. The van der Waals surface area contributed by atoms with E-state index in [9.17, 15) is 14.9 Å². The van der Waals surface area contributed by atoms with Gasteiger partial charge < -0.3 is 0 Å². The molecule has 0 aliphatic carbocycles. The number of hydrogen-bond donors (Lipinski definition) is 1. The van der Waals surface area contributed by atoms with Gasteiger partial charge in [-0.3, -0.25) is 14.9 Å². The minimum Gasteiger partial charge on any atom is -0.271 e. The van der Waals surface area contributed by atoms with Gasteiger partial charge in [0.15, 0.2) is 5.92 Å². The molecule has 2 rings (SSSR count). The fraction of sp³-hybridized carbons (Fsp3) is 0.0625. The molecule has 23 heavy (non-hydrogen) atoms. The van der Waals surface area contributed by atoms with Crippen LogP contribution in [0.15, 0.2) is 59.7 Å². The van der Waals surface area contributed by atoms with Gasteiger partial charge in [0.05, 0.1) is 17.2 Å². The third-order valence-corrected chi connectivity index (χ3v) is 3.02. The number of rotatable bonds is 5. The average Bonchev–Trinajstić information content (AvgIpc) is 2.57. The second-order valence-electron chi connectivity index (χ2n) is 4.56. The molecule has 2 aromatic carbocycles. The fourth-order valence-electron chi connectivity index (χ4n) is 1.85. The van der Waals surface area contributed by atoms with Gasteiger partial charge in [-0.25, -0.2) is 5.43 Å². The summed E-state index contributed by atoms with van der Waals surface area (Å²) in [5.41, 5.74) is 3.43. The molecule has 0 spiro atoms. The molecule has 1 N–H and O–H groups in total. The van der Waals surface area contributed by atoms with Crippen molar-refractivity contribution in [3.05, 3.63) is 75.8 Å². The zero-order valence-electron chi connectivity index (χ0n) is 11.9. The highest BCUT2D eigenvalue weighted by Crippen LogP contribution is 2.14. The molecule has 0 heterocycles. The lowest BCUT2D eigenvalue weighted by Gasteiger charge is -2.06. The predicted octanol–water partition coefficient (Wildman–Crippen LogP) is 2.35. The molecule has 1 amide bonds. The van der Waals surface area contributed by atoms with E-state index in [1.54, 1.807) is 30.3 Å². The van der Waals surface area contributed by atoms with Gasteiger partial charge in [-0.15, -0.1) is 0 Å². The Morgan fingerprint density at radius 3 is 2.43 bits per heavy atom. The second kappa shape index (κ2) is 7.47. The summed E-state index contributed by atoms with van der Waals surface area (Å²) in [5, 5.41) is 23.4. The number of benzene rings is 2. The Morgan fingerprint density at radius 1 is 1.22 bits per heavy atom. The van der Waals surface area contributed by atoms with Crippen molar-refractivity contribution in [2.75, 3.05) is 0 Å². The number of nitro groups is 1. The minimum absolute atomic E-state index is 0.0280. The third kappa shape index (κ3) is 4.22. The number of nitriles is 1. The number of carbonyl (C=O) groups is 1. The first-order valence-electron chi connectivity index (χ1n) is 6.64. The molecule has 2 aromatic rings. The monoisotopic (exact) mass is 308 g/mol. The van der Waals surface area contributed by atoms with Crippen LogP contribution in [0.25, 0.3) is 0 Å². The van der Waals surface area contributed by atoms with E-state index in [1.165, 1.54) is 30.5 Å². The Bertz CT molecular complexity index is 764. The summed E-state index contributed by atoms with van der Waals surface area (Å²) in [6, 6.07) is 16.3. The molecule has 0 fully saturated rings. The van der Waals surface area contributed by atoms with Crippen molar-refractivity contribution in [2.24, 2.45) is 5.10 Å². The molecule has 0 aliphatic rings.